The van der Waals surface area contributed by atoms with Crippen LogP contribution in [0.15, 0.2) is 66.9 Å². The quantitative estimate of drug-likeness (QED) is 0.289. The third kappa shape index (κ3) is 6.06. The van der Waals surface area contributed by atoms with Crippen LogP contribution in [0.3, 0.4) is 0 Å². The van der Waals surface area contributed by atoms with Crippen LogP contribution in [-0.4, -0.2) is 73.4 Å². The van der Waals surface area contributed by atoms with Crippen LogP contribution in [0.25, 0.3) is 16.8 Å². The van der Waals surface area contributed by atoms with Crippen molar-refractivity contribution in [2.75, 3.05) is 49.6 Å². The Morgan fingerprint density at radius 1 is 0.949 bits per heavy atom. The molecule has 11 heteroatoms. The van der Waals surface area contributed by atoms with E-state index in [0.717, 1.165) is 67.4 Å². The molecule has 0 amide bonds. The minimum atomic E-state index is -2.64. The van der Waals surface area contributed by atoms with Gasteiger partial charge in [0.05, 0.1) is 30.6 Å². The van der Waals surface area contributed by atoms with Crippen molar-refractivity contribution in [3.8, 4) is 11.3 Å². The van der Waals surface area contributed by atoms with E-state index >= 15 is 0 Å². The normalized spacial score (nSPS) is 17.2. The van der Waals surface area contributed by atoms with Crippen molar-refractivity contribution in [2.24, 2.45) is 0 Å². The number of hydrogen-bond acceptors (Lipinski definition) is 8. The topological polar surface area (TPSA) is 104 Å². The highest BCUT2D eigenvalue weighted by molar-refractivity contribution is 7.70. The molecule has 10 nitrogen and oxygen atoms in total. The molecule has 2 aromatic heterocycles. The van der Waals surface area contributed by atoms with Gasteiger partial charge in [-0.1, -0.05) is 18.2 Å². The minimum absolute atomic E-state index is 0.250. The first-order valence-electron chi connectivity index (χ1n) is 13.4. The molecule has 0 aliphatic carbocycles. The Morgan fingerprint density at radius 3 is 2.51 bits per heavy atom. The summed E-state index contributed by atoms with van der Waals surface area (Å²) in [5.41, 5.74) is 5.76. The molecule has 2 N–H and O–H groups in total. The smallest absolute Gasteiger partial charge is 0.245 e. The van der Waals surface area contributed by atoms with Gasteiger partial charge in [0, 0.05) is 55.7 Å². The van der Waals surface area contributed by atoms with Crippen molar-refractivity contribution in [2.45, 2.75) is 25.4 Å². The van der Waals surface area contributed by atoms with Crippen molar-refractivity contribution in [3.05, 3.63) is 72.4 Å². The van der Waals surface area contributed by atoms with Crippen LogP contribution in [0.5, 0.6) is 0 Å². The summed E-state index contributed by atoms with van der Waals surface area (Å²) in [5.74, 6) is 0.500. The number of thiol groups is 1. The van der Waals surface area contributed by atoms with E-state index in [1.54, 1.807) is 6.20 Å². The lowest BCUT2D eigenvalue weighted by Gasteiger charge is -2.40. The molecule has 0 atom stereocenters. The summed E-state index contributed by atoms with van der Waals surface area (Å²) in [4.78, 5) is 9.55. The van der Waals surface area contributed by atoms with E-state index < -0.39 is 10.9 Å². The molecule has 4 aromatic rings. The number of hydrogen-bond donors (Lipinski definition) is 3. The summed E-state index contributed by atoms with van der Waals surface area (Å²) in [5, 5.41) is 8.07. The molecule has 0 spiro atoms. The molecule has 2 saturated heterocycles. The lowest BCUT2D eigenvalue weighted by molar-refractivity contribution is 0.0115. The van der Waals surface area contributed by atoms with Crippen molar-refractivity contribution in [1.82, 2.24) is 24.2 Å². The van der Waals surface area contributed by atoms with Gasteiger partial charge in [0.1, 0.15) is 0 Å². The van der Waals surface area contributed by atoms with Crippen LogP contribution in [0.4, 0.5) is 17.3 Å². The van der Waals surface area contributed by atoms with Gasteiger partial charge in [-0.15, -0.1) is 5.10 Å². The number of piperidine rings is 1. The van der Waals surface area contributed by atoms with Crippen LogP contribution >= 0.6 is 0 Å². The second kappa shape index (κ2) is 11.7. The second-order valence-corrected chi connectivity index (χ2v) is 10.8. The van der Waals surface area contributed by atoms with Gasteiger partial charge in [-0.2, -0.15) is 0 Å². The molecular weight excluding hydrogens is 514 g/mol. The van der Waals surface area contributed by atoms with E-state index in [1.165, 1.54) is 18.5 Å². The Balaban J connectivity index is 1.12. The highest BCUT2D eigenvalue weighted by atomic mass is 32.2. The molecule has 2 aromatic carbocycles. The number of fused-ring (bicyclic) bond motifs is 1. The number of anilines is 3. The first-order valence-corrected chi connectivity index (χ1v) is 14.6. The number of benzene rings is 2. The van der Waals surface area contributed by atoms with Crippen molar-refractivity contribution >= 4 is 33.7 Å². The van der Waals surface area contributed by atoms with Crippen molar-refractivity contribution in [3.63, 3.8) is 0 Å². The molecule has 0 bridgehead atoms. The predicted octanol–water partition coefficient (Wildman–Crippen LogP) is 3.06. The fraction of sp³-hybridized carbons (Fsp3) is 0.357. The molecule has 0 radical (unpaired) electrons. The monoisotopic (exact) mass is 547 g/mol. The highest BCUT2D eigenvalue weighted by Gasteiger charge is 2.25. The van der Waals surface area contributed by atoms with Crippen LogP contribution in [0, 0.1) is 0 Å². The zero-order chi connectivity index (χ0) is 26.6. The number of nitrogens with zero attached hydrogens (tertiary/aromatic N) is 5. The van der Waals surface area contributed by atoms with Crippen molar-refractivity contribution in [1.29, 1.82) is 0 Å². The predicted molar refractivity (Wildman–Crippen MR) is 153 cm³/mol. The summed E-state index contributed by atoms with van der Waals surface area (Å²) in [6.07, 6.45) is 4.16. The third-order valence-electron chi connectivity index (χ3n) is 7.55. The Morgan fingerprint density at radius 2 is 1.74 bits per heavy atom. The molecule has 204 valence electrons. The van der Waals surface area contributed by atoms with E-state index in [9.17, 15) is 8.42 Å². The lowest BCUT2D eigenvalue weighted by atomic mass is 10.0. The summed E-state index contributed by atoms with van der Waals surface area (Å²) in [6.45, 7) is 6.21. The van der Waals surface area contributed by atoms with Gasteiger partial charge in [-0.05, 0) is 60.9 Å². The zero-order valence-corrected chi connectivity index (χ0v) is 22.6. The van der Waals surface area contributed by atoms with E-state index in [4.69, 9.17) is 9.84 Å². The van der Waals surface area contributed by atoms with Gasteiger partial charge < -0.3 is 15.0 Å². The fourth-order valence-electron chi connectivity index (χ4n) is 5.49. The second-order valence-electron chi connectivity index (χ2n) is 9.97. The Hall–Kier alpha value is -3.51. The van der Waals surface area contributed by atoms with Gasteiger partial charge in [-0.3, -0.25) is 4.90 Å². The summed E-state index contributed by atoms with van der Waals surface area (Å²) in [6, 6.07) is 20.8. The maximum atomic E-state index is 10.9. The summed E-state index contributed by atoms with van der Waals surface area (Å²) < 4.78 is 31.6. The average molecular weight is 548 g/mol. The molecule has 2 fully saturated rings. The number of aromatic nitrogens is 3. The van der Waals surface area contributed by atoms with E-state index in [0.29, 0.717) is 12.0 Å². The SMILES string of the molecule is O=[SH](=O)NCc1cccc(-c2ccc3cnc(Nc4ccc(N5CCC(N6CCOCC6)CC5)cc4)nn23)c1. The van der Waals surface area contributed by atoms with Crippen molar-refractivity contribution < 1.29 is 13.2 Å². The van der Waals surface area contributed by atoms with Gasteiger partial charge in [0.25, 0.3) is 0 Å². The van der Waals surface area contributed by atoms with Crippen LogP contribution in [0.1, 0.15) is 18.4 Å². The van der Waals surface area contributed by atoms with E-state index in [1.807, 2.05) is 40.9 Å². The number of nitrogens with one attached hydrogen (secondary N) is 2. The Labute approximate surface area is 229 Å². The molecule has 4 heterocycles. The lowest BCUT2D eigenvalue weighted by Crippen LogP contribution is -2.49. The van der Waals surface area contributed by atoms with E-state index in [2.05, 4.69) is 49.1 Å². The molecule has 6 rings (SSSR count). The molecular formula is C28H33N7O3S. The average Bonchev–Trinajstić information content (AvgIpc) is 3.41. The van der Waals surface area contributed by atoms with Crippen LogP contribution < -0.4 is 14.9 Å². The molecule has 2 aliphatic heterocycles. The first-order chi connectivity index (χ1) is 19.1. The largest absolute Gasteiger partial charge is 0.379 e. The standard InChI is InChI=1S/C28H33N7O3S/c36-39(37)30-19-21-2-1-3-22(18-21)27-9-8-26-20-29-28(32-35(26)27)31-23-4-6-24(7-5-23)33-12-10-25(11-13-33)34-14-16-38-17-15-34/h1-9,18,20,25,39H,10-17,19H2,(H,31,32)(H,30,36,37). The maximum absolute atomic E-state index is 10.9. The van der Waals surface area contributed by atoms with Gasteiger partial charge in [0.15, 0.2) is 0 Å². The number of ether oxygens (including phenoxy) is 1. The molecule has 2 aliphatic rings. The minimum Gasteiger partial charge on any atom is -0.379 e. The summed E-state index contributed by atoms with van der Waals surface area (Å²) in [7, 11) is -2.64. The first kappa shape index (κ1) is 25.8. The van der Waals surface area contributed by atoms with Crippen LogP contribution in [-0.2, 0) is 22.2 Å². The zero-order valence-electron chi connectivity index (χ0n) is 21.7. The van der Waals surface area contributed by atoms with Gasteiger partial charge in [0.2, 0.25) is 16.8 Å². The molecule has 0 saturated carbocycles. The molecule has 39 heavy (non-hydrogen) atoms. The maximum Gasteiger partial charge on any atom is 0.245 e. The van der Waals surface area contributed by atoms with Gasteiger partial charge >= 0.3 is 0 Å². The number of rotatable bonds is 8. The fourth-order valence-corrected chi connectivity index (χ4v) is 5.80. The third-order valence-corrected chi connectivity index (χ3v) is 7.97. The highest BCUT2D eigenvalue weighted by Crippen LogP contribution is 2.26. The number of morpholine rings is 1. The van der Waals surface area contributed by atoms with E-state index in [-0.39, 0.29) is 6.54 Å². The van der Waals surface area contributed by atoms with Gasteiger partial charge in [-0.25, -0.2) is 22.6 Å². The molecule has 0 unspecified atom stereocenters. The Bertz CT molecular complexity index is 1480. The van der Waals surface area contributed by atoms with Crippen LogP contribution in [0.2, 0.25) is 0 Å². The Kier molecular flexibility index (Phi) is 7.73. The summed E-state index contributed by atoms with van der Waals surface area (Å²) >= 11 is 0.